The number of morpholine rings is 1. The lowest BCUT2D eigenvalue weighted by atomic mass is 9.80. The summed E-state index contributed by atoms with van der Waals surface area (Å²) in [5, 5.41) is 3.71. The van der Waals surface area contributed by atoms with Gasteiger partial charge in [-0.25, -0.2) is 0 Å². The van der Waals surface area contributed by atoms with Gasteiger partial charge in [0, 0.05) is 6.54 Å². The van der Waals surface area contributed by atoms with Crippen molar-refractivity contribution < 1.29 is 4.74 Å². The number of hydrogen-bond acceptors (Lipinski definition) is 2. The van der Waals surface area contributed by atoms with Crippen molar-refractivity contribution in [3.63, 3.8) is 0 Å². The van der Waals surface area contributed by atoms with Gasteiger partial charge in [-0.3, -0.25) is 0 Å². The second-order valence-corrected chi connectivity index (χ2v) is 8.55. The first-order valence-corrected chi connectivity index (χ1v) is 8.63. The summed E-state index contributed by atoms with van der Waals surface area (Å²) in [7, 11) is 0. The van der Waals surface area contributed by atoms with E-state index in [0.717, 1.165) is 13.0 Å². The molecule has 2 rings (SSSR count). The molecule has 1 aromatic rings. The number of nitrogens with one attached hydrogen (secondary N) is 1. The zero-order chi connectivity index (χ0) is 16.5. The Labute approximate surface area is 136 Å². The molecule has 1 saturated heterocycles. The Morgan fingerprint density at radius 2 is 1.82 bits per heavy atom. The van der Waals surface area contributed by atoms with Crippen LogP contribution in [0.15, 0.2) is 24.3 Å². The largest absolute Gasteiger partial charge is 0.369 e. The fourth-order valence-corrected chi connectivity index (χ4v) is 3.69. The second kappa shape index (κ2) is 6.33. The maximum absolute atomic E-state index is 6.39. The Hall–Kier alpha value is -0.860. The molecule has 0 spiro atoms. The summed E-state index contributed by atoms with van der Waals surface area (Å²) in [6, 6.07) is 9.35. The lowest BCUT2D eigenvalue weighted by molar-refractivity contribution is -0.135. The van der Waals surface area contributed by atoms with Gasteiger partial charge in [-0.2, -0.15) is 0 Å². The molecule has 0 radical (unpaired) electrons. The van der Waals surface area contributed by atoms with Crippen LogP contribution in [0.3, 0.4) is 0 Å². The van der Waals surface area contributed by atoms with Crippen LogP contribution < -0.4 is 5.32 Å². The molecule has 1 aliphatic heterocycles. The smallest absolute Gasteiger partial charge is 0.0855 e. The highest BCUT2D eigenvalue weighted by Crippen LogP contribution is 2.38. The van der Waals surface area contributed by atoms with E-state index in [0.29, 0.717) is 5.92 Å². The summed E-state index contributed by atoms with van der Waals surface area (Å²) in [5.74, 6) is 0.619. The molecule has 1 N–H and O–H groups in total. The van der Waals surface area contributed by atoms with Gasteiger partial charge in [-0.1, -0.05) is 58.9 Å². The van der Waals surface area contributed by atoms with Crippen LogP contribution in [-0.4, -0.2) is 18.2 Å². The fraction of sp³-hybridized carbons (Fsp3) is 0.700. The molecule has 124 valence electrons. The SMILES string of the molecule is CC(C)CC1(C)OC(C)CNC1c1ccc(C(C)(C)C)cc1. The summed E-state index contributed by atoms with van der Waals surface area (Å²) in [5.41, 5.74) is 2.77. The number of rotatable bonds is 3. The Morgan fingerprint density at radius 1 is 1.23 bits per heavy atom. The van der Waals surface area contributed by atoms with E-state index >= 15 is 0 Å². The monoisotopic (exact) mass is 303 g/mol. The Balaban J connectivity index is 2.28. The first kappa shape index (κ1) is 17.5. The summed E-state index contributed by atoms with van der Waals surface area (Å²) >= 11 is 0. The molecule has 3 atom stereocenters. The van der Waals surface area contributed by atoms with Gasteiger partial charge in [0.05, 0.1) is 17.7 Å². The van der Waals surface area contributed by atoms with Crippen LogP contribution >= 0.6 is 0 Å². The first-order chi connectivity index (χ1) is 10.1. The van der Waals surface area contributed by atoms with Crippen molar-refractivity contribution in [3.05, 3.63) is 35.4 Å². The summed E-state index contributed by atoms with van der Waals surface area (Å²) in [4.78, 5) is 0. The minimum atomic E-state index is -0.144. The molecule has 0 bridgehead atoms. The Kier molecular flexibility index (Phi) is 5.03. The third-order valence-corrected chi connectivity index (χ3v) is 4.61. The number of benzene rings is 1. The van der Waals surface area contributed by atoms with E-state index in [-0.39, 0.29) is 23.2 Å². The highest BCUT2D eigenvalue weighted by atomic mass is 16.5. The normalized spacial score (nSPS) is 29.8. The van der Waals surface area contributed by atoms with E-state index in [9.17, 15) is 0 Å². The van der Waals surface area contributed by atoms with Gasteiger partial charge in [0.2, 0.25) is 0 Å². The van der Waals surface area contributed by atoms with Gasteiger partial charge in [0.15, 0.2) is 0 Å². The van der Waals surface area contributed by atoms with Crippen molar-refractivity contribution in [2.45, 2.75) is 78.0 Å². The summed E-state index contributed by atoms with van der Waals surface area (Å²) in [6.07, 6.45) is 1.34. The first-order valence-electron chi connectivity index (χ1n) is 8.63. The zero-order valence-corrected chi connectivity index (χ0v) is 15.4. The van der Waals surface area contributed by atoms with Crippen LogP contribution in [0.5, 0.6) is 0 Å². The maximum Gasteiger partial charge on any atom is 0.0855 e. The molecule has 1 aromatic carbocycles. The Bertz CT molecular complexity index is 481. The van der Waals surface area contributed by atoms with Gasteiger partial charge in [0.25, 0.3) is 0 Å². The average Bonchev–Trinajstić information content (AvgIpc) is 2.36. The standard InChI is InChI=1S/C20H33NO/c1-14(2)12-20(7)18(21-13-15(3)22-20)16-8-10-17(11-9-16)19(4,5)6/h8-11,14-15,18,21H,12-13H2,1-7H3. The van der Waals surface area contributed by atoms with E-state index in [1.54, 1.807) is 0 Å². The predicted molar refractivity (Wildman–Crippen MR) is 94.3 cm³/mol. The number of hydrogen-bond donors (Lipinski definition) is 1. The lowest BCUT2D eigenvalue weighted by Crippen LogP contribution is -2.54. The van der Waals surface area contributed by atoms with Crippen LogP contribution in [0, 0.1) is 5.92 Å². The van der Waals surface area contributed by atoms with Gasteiger partial charge in [0.1, 0.15) is 0 Å². The zero-order valence-electron chi connectivity index (χ0n) is 15.4. The van der Waals surface area contributed by atoms with Crippen molar-refractivity contribution in [2.24, 2.45) is 5.92 Å². The van der Waals surface area contributed by atoms with Crippen molar-refractivity contribution in [1.82, 2.24) is 5.32 Å². The molecule has 0 aliphatic carbocycles. The minimum absolute atomic E-state index is 0.144. The molecule has 0 aromatic heterocycles. The lowest BCUT2D eigenvalue weighted by Gasteiger charge is -2.46. The Morgan fingerprint density at radius 3 is 2.32 bits per heavy atom. The van der Waals surface area contributed by atoms with Crippen LogP contribution in [0.25, 0.3) is 0 Å². The maximum atomic E-state index is 6.39. The molecular formula is C20H33NO. The van der Waals surface area contributed by atoms with E-state index in [1.165, 1.54) is 11.1 Å². The molecule has 1 heterocycles. The molecule has 2 heteroatoms. The average molecular weight is 303 g/mol. The highest BCUT2D eigenvalue weighted by Gasteiger charge is 2.41. The molecule has 2 nitrogen and oxygen atoms in total. The van der Waals surface area contributed by atoms with Gasteiger partial charge >= 0.3 is 0 Å². The van der Waals surface area contributed by atoms with Crippen LogP contribution in [0.1, 0.15) is 72.1 Å². The predicted octanol–water partition coefficient (Wildman–Crippen LogP) is 4.84. The molecular weight excluding hydrogens is 270 g/mol. The number of ether oxygens (including phenoxy) is 1. The van der Waals surface area contributed by atoms with E-state index in [2.05, 4.69) is 78.0 Å². The van der Waals surface area contributed by atoms with Gasteiger partial charge < -0.3 is 10.1 Å². The summed E-state index contributed by atoms with van der Waals surface area (Å²) < 4.78 is 6.39. The third-order valence-electron chi connectivity index (χ3n) is 4.61. The van der Waals surface area contributed by atoms with Gasteiger partial charge in [-0.15, -0.1) is 0 Å². The van der Waals surface area contributed by atoms with Crippen molar-refractivity contribution >= 4 is 0 Å². The van der Waals surface area contributed by atoms with E-state index < -0.39 is 0 Å². The summed E-state index contributed by atoms with van der Waals surface area (Å²) in [6.45, 7) is 16.7. The van der Waals surface area contributed by atoms with Crippen molar-refractivity contribution in [2.75, 3.05) is 6.54 Å². The molecule has 1 fully saturated rings. The molecule has 1 aliphatic rings. The van der Waals surface area contributed by atoms with Crippen molar-refractivity contribution in [3.8, 4) is 0 Å². The van der Waals surface area contributed by atoms with E-state index in [1.807, 2.05) is 0 Å². The third kappa shape index (κ3) is 3.91. The topological polar surface area (TPSA) is 21.3 Å². The second-order valence-electron chi connectivity index (χ2n) is 8.55. The van der Waals surface area contributed by atoms with E-state index in [4.69, 9.17) is 4.74 Å². The molecule has 22 heavy (non-hydrogen) atoms. The highest BCUT2D eigenvalue weighted by molar-refractivity contribution is 5.31. The quantitative estimate of drug-likeness (QED) is 0.863. The molecule has 0 amide bonds. The molecule has 3 unspecified atom stereocenters. The van der Waals surface area contributed by atoms with Crippen LogP contribution in [0.4, 0.5) is 0 Å². The molecule has 0 saturated carbocycles. The fourth-order valence-electron chi connectivity index (χ4n) is 3.69. The minimum Gasteiger partial charge on any atom is -0.369 e. The van der Waals surface area contributed by atoms with Crippen molar-refractivity contribution in [1.29, 1.82) is 0 Å². The van der Waals surface area contributed by atoms with Crippen LogP contribution in [-0.2, 0) is 10.2 Å². The van der Waals surface area contributed by atoms with Gasteiger partial charge in [-0.05, 0) is 42.7 Å². The van der Waals surface area contributed by atoms with Crippen LogP contribution in [0.2, 0.25) is 0 Å².